The minimum absolute atomic E-state index is 0.658. The fourth-order valence-electron chi connectivity index (χ4n) is 1.12. The summed E-state index contributed by atoms with van der Waals surface area (Å²) in [7, 11) is 0. The maximum absolute atomic E-state index is 6.00. The first kappa shape index (κ1) is 10.5. The van der Waals surface area contributed by atoms with E-state index < -0.39 is 0 Å². The van der Waals surface area contributed by atoms with Gasteiger partial charge < -0.3 is 0 Å². The smallest absolute Gasteiger partial charge is 0.121 e. The Kier molecular flexibility index (Phi) is 3.23. The van der Waals surface area contributed by atoms with E-state index in [4.69, 9.17) is 11.6 Å². The Labute approximate surface area is 97.7 Å². The number of aromatic nitrogens is 2. The van der Waals surface area contributed by atoms with E-state index in [1.54, 1.807) is 6.20 Å². The summed E-state index contributed by atoms with van der Waals surface area (Å²) in [4.78, 5) is 8.57. The number of pyridine rings is 2. The number of hydrogen-bond donors (Lipinski definition) is 0. The van der Waals surface area contributed by atoms with Gasteiger partial charge in [0.05, 0.1) is 5.02 Å². The highest BCUT2D eigenvalue weighted by atomic mass is 35.5. The van der Waals surface area contributed by atoms with E-state index in [0.717, 1.165) is 15.7 Å². The number of hydrogen-bond acceptors (Lipinski definition) is 3. The van der Waals surface area contributed by atoms with Crippen molar-refractivity contribution in [2.45, 2.75) is 17.0 Å². The lowest BCUT2D eigenvalue weighted by atomic mass is 10.4. The summed E-state index contributed by atoms with van der Waals surface area (Å²) in [5.74, 6) is 0. The molecule has 2 nitrogen and oxygen atoms in total. The molecule has 76 valence electrons. The molecular formula is C11H9ClN2S. The maximum Gasteiger partial charge on any atom is 0.121 e. The number of nitrogens with zero attached hydrogens (tertiary/aromatic N) is 2. The highest BCUT2D eigenvalue weighted by molar-refractivity contribution is 7.99. The van der Waals surface area contributed by atoms with Crippen molar-refractivity contribution < 1.29 is 0 Å². The van der Waals surface area contributed by atoms with Crippen molar-refractivity contribution in [2.24, 2.45) is 0 Å². The van der Waals surface area contributed by atoms with Gasteiger partial charge in [0.15, 0.2) is 0 Å². The summed E-state index contributed by atoms with van der Waals surface area (Å²) in [5, 5.41) is 2.36. The number of aryl methyl sites for hydroxylation is 1. The molecule has 0 aromatic carbocycles. The Morgan fingerprint density at radius 3 is 2.80 bits per heavy atom. The molecule has 0 aliphatic carbocycles. The van der Waals surface area contributed by atoms with Gasteiger partial charge in [-0.1, -0.05) is 17.7 Å². The lowest BCUT2D eigenvalue weighted by Gasteiger charge is -2.02. The van der Waals surface area contributed by atoms with Crippen molar-refractivity contribution in [1.82, 2.24) is 9.97 Å². The second kappa shape index (κ2) is 4.64. The molecule has 15 heavy (non-hydrogen) atoms. The summed E-state index contributed by atoms with van der Waals surface area (Å²) in [6, 6.07) is 9.52. The van der Waals surface area contributed by atoms with Crippen LogP contribution in [0, 0.1) is 6.92 Å². The van der Waals surface area contributed by atoms with Gasteiger partial charge in [0.25, 0.3) is 0 Å². The van der Waals surface area contributed by atoms with E-state index in [1.807, 2.05) is 37.3 Å². The summed E-state index contributed by atoms with van der Waals surface area (Å²) >= 11 is 7.48. The van der Waals surface area contributed by atoms with Crippen LogP contribution in [0.15, 0.2) is 46.6 Å². The van der Waals surface area contributed by atoms with Crippen LogP contribution in [0.4, 0.5) is 0 Å². The van der Waals surface area contributed by atoms with Crippen molar-refractivity contribution in [1.29, 1.82) is 0 Å². The zero-order valence-electron chi connectivity index (χ0n) is 8.14. The maximum atomic E-state index is 6.00. The largest absolute Gasteiger partial charge is 0.248 e. The number of rotatable bonds is 2. The SMILES string of the molecule is Cc1cccc(Sc2ncccc2Cl)n1. The average molecular weight is 237 g/mol. The standard InChI is InChI=1S/C11H9ClN2S/c1-8-4-2-6-10(14-8)15-11-9(12)5-3-7-13-11/h2-7H,1H3. The van der Waals surface area contributed by atoms with Crippen LogP contribution in [0.3, 0.4) is 0 Å². The van der Waals surface area contributed by atoms with Crippen LogP contribution >= 0.6 is 23.4 Å². The fourth-order valence-corrected chi connectivity index (χ4v) is 2.17. The number of halogens is 1. The first-order chi connectivity index (χ1) is 7.25. The predicted molar refractivity (Wildman–Crippen MR) is 62.3 cm³/mol. The van der Waals surface area contributed by atoms with E-state index in [-0.39, 0.29) is 0 Å². The van der Waals surface area contributed by atoms with Crippen molar-refractivity contribution in [3.05, 3.63) is 47.2 Å². The van der Waals surface area contributed by atoms with Gasteiger partial charge in [-0.25, -0.2) is 9.97 Å². The minimum Gasteiger partial charge on any atom is -0.248 e. The monoisotopic (exact) mass is 236 g/mol. The molecule has 0 amide bonds. The molecule has 0 unspecified atom stereocenters. The zero-order chi connectivity index (χ0) is 10.7. The average Bonchev–Trinajstić information content (AvgIpc) is 2.22. The lowest BCUT2D eigenvalue weighted by molar-refractivity contribution is 1.05. The molecule has 4 heteroatoms. The van der Waals surface area contributed by atoms with Crippen LogP contribution < -0.4 is 0 Å². The van der Waals surface area contributed by atoms with Gasteiger partial charge in [0, 0.05) is 11.9 Å². The van der Waals surface area contributed by atoms with E-state index in [1.165, 1.54) is 11.8 Å². The summed E-state index contributed by atoms with van der Waals surface area (Å²) in [6.45, 7) is 1.96. The molecule has 0 atom stereocenters. The highest BCUT2D eigenvalue weighted by Crippen LogP contribution is 2.29. The molecule has 2 aromatic heterocycles. The zero-order valence-corrected chi connectivity index (χ0v) is 9.72. The minimum atomic E-state index is 0.658. The molecule has 0 aliphatic rings. The summed E-state index contributed by atoms with van der Waals surface area (Å²) in [6.07, 6.45) is 1.73. The van der Waals surface area contributed by atoms with Crippen molar-refractivity contribution in [3.8, 4) is 0 Å². The van der Waals surface area contributed by atoms with Gasteiger partial charge in [-0.3, -0.25) is 0 Å². The predicted octanol–water partition coefficient (Wildman–Crippen LogP) is 3.59. The molecule has 0 radical (unpaired) electrons. The van der Waals surface area contributed by atoms with Crippen LogP contribution in [-0.2, 0) is 0 Å². The van der Waals surface area contributed by atoms with Crippen LogP contribution in [0.5, 0.6) is 0 Å². The topological polar surface area (TPSA) is 25.8 Å². The molecule has 2 aromatic rings. The molecule has 0 saturated carbocycles. The normalized spacial score (nSPS) is 10.3. The molecule has 0 aliphatic heterocycles. The quantitative estimate of drug-likeness (QED) is 0.797. The Bertz CT molecular complexity index is 474. The van der Waals surface area contributed by atoms with Crippen LogP contribution in [-0.4, -0.2) is 9.97 Å². The molecule has 2 rings (SSSR count). The van der Waals surface area contributed by atoms with Gasteiger partial charge in [-0.15, -0.1) is 0 Å². The molecular weight excluding hydrogens is 228 g/mol. The second-order valence-electron chi connectivity index (χ2n) is 3.01. The van der Waals surface area contributed by atoms with E-state index in [0.29, 0.717) is 5.02 Å². The fraction of sp³-hybridized carbons (Fsp3) is 0.0909. The third kappa shape index (κ3) is 2.70. The van der Waals surface area contributed by atoms with Crippen molar-refractivity contribution in [3.63, 3.8) is 0 Å². The second-order valence-corrected chi connectivity index (χ2v) is 4.43. The van der Waals surface area contributed by atoms with Crippen LogP contribution in [0.2, 0.25) is 5.02 Å². The van der Waals surface area contributed by atoms with Gasteiger partial charge in [-0.2, -0.15) is 0 Å². The van der Waals surface area contributed by atoms with E-state index in [2.05, 4.69) is 9.97 Å². The summed E-state index contributed by atoms with van der Waals surface area (Å²) in [5.41, 5.74) is 0.993. The van der Waals surface area contributed by atoms with E-state index in [9.17, 15) is 0 Å². The first-order valence-electron chi connectivity index (χ1n) is 4.48. The Hall–Kier alpha value is -1.06. The molecule has 0 spiro atoms. The highest BCUT2D eigenvalue weighted by Gasteiger charge is 2.04. The Morgan fingerprint density at radius 2 is 2.07 bits per heavy atom. The van der Waals surface area contributed by atoms with Gasteiger partial charge in [-0.05, 0) is 43.0 Å². The third-order valence-electron chi connectivity index (χ3n) is 1.79. The van der Waals surface area contributed by atoms with Crippen molar-refractivity contribution in [2.75, 3.05) is 0 Å². The third-order valence-corrected chi connectivity index (χ3v) is 3.16. The first-order valence-corrected chi connectivity index (χ1v) is 5.67. The summed E-state index contributed by atoms with van der Waals surface area (Å²) < 4.78 is 0. The molecule has 0 bridgehead atoms. The van der Waals surface area contributed by atoms with Gasteiger partial charge in [0.1, 0.15) is 10.1 Å². The molecule has 0 saturated heterocycles. The van der Waals surface area contributed by atoms with E-state index >= 15 is 0 Å². The molecule has 2 heterocycles. The van der Waals surface area contributed by atoms with Gasteiger partial charge >= 0.3 is 0 Å². The molecule has 0 N–H and O–H groups in total. The Morgan fingerprint density at radius 1 is 1.20 bits per heavy atom. The lowest BCUT2D eigenvalue weighted by Crippen LogP contribution is -1.85. The van der Waals surface area contributed by atoms with Crippen LogP contribution in [0.25, 0.3) is 0 Å². The van der Waals surface area contributed by atoms with Gasteiger partial charge in [0.2, 0.25) is 0 Å². The molecule has 0 fully saturated rings. The Balaban J connectivity index is 2.26. The van der Waals surface area contributed by atoms with Crippen molar-refractivity contribution >= 4 is 23.4 Å². The van der Waals surface area contributed by atoms with Crippen LogP contribution in [0.1, 0.15) is 5.69 Å².